The first kappa shape index (κ1) is 15.3. The lowest BCUT2D eigenvalue weighted by Crippen LogP contribution is -2.59. The van der Waals surface area contributed by atoms with Crippen molar-refractivity contribution in [1.29, 1.82) is 5.26 Å². The first-order chi connectivity index (χ1) is 8.59. The largest absolute Gasteiger partial charge is 0.415 e. The second kappa shape index (κ2) is 5.07. The van der Waals surface area contributed by atoms with Gasteiger partial charge in [-0.2, -0.15) is 18.4 Å². The highest BCUT2D eigenvalue weighted by Crippen LogP contribution is 2.29. The molecule has 0 saturated heterocycles. The van der Waals surface area contributed by atoms with Crippen LogP contribution in [0.2, 0.25) is 5.02 Å². The third-order valence-electron chi connectivity index (χ3n) is 2.41. The van der Waals surface area contributed by atoms with Crippen LogP contribution >= 0.6 is 11.6 Å². The van der Waals surface area contributed by atoms with Crippen LogP contribution in [0.15, 0.2) is 18.2 Å². The summed E-state index contributed by atoms with van der Waals surface area (Å²) in [5.41, 5.74) is 2.10. The highest BCUT2D eigenvalue weighted by molar-refractivity contribution is 6.32. The average Bonchev–Trinajstić information content (AvgIpc) is 2.27. The lowest BCUT2D eigenvalue weighted by Gasteiger charge is -2.26. The van der Waals surface area contributed by atoms with E-state index in [0.29, 0.717) is 6.92 Å². The van der Waals surface area contributed by atoms with Crippen molar-refractivity contribution in [1.82, 2.24) is 0 Å². The summed E-state index contributed by atoms with van der Waals surface area (Å²) in [6, 6.07) is 5.49. The summed E-state index contributed by atoms with van der Waals surface area (Å²) in [5, 5.41) is 10.7. The minimum atomic E-state index is -4.88. The van der Waals surface area contributed by atoms with Crippen LogP contribution in [0.3, 0.4) is 0 Å². The Hall–Kier alpha value is -1.78. The Morgan fingerprint density at radius 3 is 2.47 bits per heavy atom. The maximum Gasteiger partial charge on any atom is 0.415 e. The molecule has 0 aliphatic carbocycles. The number of amides is 1. The van der Waals surface area contributed by atoms with Crippen LogP contribution in [0.25, 0.3) is 0 Å². The van der Waals surface area contributed by atoms with Gasteiger partial charge in [-0.3, -0.25) is 4.79 Å². The van der Waals surface area contributed by atoms with Gasteiger partial charge in [0.25, 0.3) is 5.91 Å². The van der Waals surface area contributed by atoms with E-state index in [4.69, 9.17) is 22.6 Å². The Labute approximate surface area is 111 Å². The number of benzene rings is 1. The molecule has 1 unspecified atom stereocenters. The minimum absolute atomic E-state index is 0.0195. The Balaban J connectivity index is 2.96. The normalized spacial score (nSPS) is 14.4. The molecular formula is C11H9ClF3N3O. The molecule has 0 aliphatic rings. The molecule has 0 bridgehead atoms. The highest BCUT2D eigenvalue weighted by atomic mass is 35.5. The average molecular weight is 292 g/mol. The molecule has 1 aromatic carbocycles. The number of hydrogen-bond donors (Lipinski definition) is 2. The lowest BCUT2D eigenvalue weighted by molar-refractivity contribution is -0.184. The van der Waals surface area contributed by atoms with Crippen LogP contribution in [0.4, 0.5) is 18.9 Å². The van der Waals surface area contributed by atoms with Gasteiger partial charge in [0.15, 0.2) is 5.54 Å². The number of alkyl halides is 3. The molecule has 0 saturated carbocycles. The number of hydrogen-bond acceptors (Lipinski definition) is 3. The van der Waals surface area contributed by atoms with Crippen LogP contribution in [-0.2, 0) is 4.79 Å². The van der Waals surface area contributed by atoms with Gasteiger partial charge >= 0.3 is 6.18 Å². The quantitative estimate of drug-likeness (QED) is 0.878. The van der Waals surface area contributed by atoms with Gasteiger partial charge in [-0.15, -0.1) is 0 Å². The van der Waals surface area contributed by atoms with Crippen LogP contribution in [0.1, 0.15) is 12.5 Å². The van der Waals surface area contributed by atoms with Crippen molar-refractivity contribution in [2.75, 3.05) is 5.32 Å². The second-order valence-electron chi connectivity index (χ2n) is 3.96. The van der Waals surface area contributed by atoms with E-state index in [1.165, 1.54) is 18.2 Å². The van der Waals surface area contributed by atoms with Crippen molar-refractivity contribution in [3.05, 3.63) is 28.8 Å². The van der Waals surface area contributed by atoms with Gasteiger partial charge in [0, 0.05) is 5.69 Å². The summed E-state index contributed by atoms with van der Waals surface area (Å²) >= 11 is 5.69. The zero-order valence-electron chi connectivity index (χ0n) is 9.68. The summed E-state index contributed by atoms with van der Waals surface area (Å²) in [4.78, 5) is 11.5. The summed E-state index contributed by atoms with van der Waals surface area (Å²) in [7, 11) is 0. The number of nitrogens with two attached hydrogens (primary N) is 1. The van der Waals surface area contributed by atoms with Crippen molar-refractivity contribution in [3.63, 3.8) is 0 Å². The van der Waals surface area contributed by atoms with Crippen molar-refractivity contribution < 1.29 is 18.0 Å². The molecule has 0 heterocycles. The summed E-state index contributed by atoms with van der Waals surface area (Å²) in [6.45, 7) is 0.563. The Kier molecular flexibility index (Phi) is 4.08. The molecule has 8 heteroatoms. The summed E-state index contributed by atoms with van der Waals surface area (Å²) < 4.78 is 37.6. The minimum Gasteiger partial charge on any atom is -0.324 e. The van der Waals surface area contributed by atoms with E-state index in [1.807, 2.05) is 5.32 Å². The molecule has 1 rings (SSSR count). The fraction of sp³-hybridized carbons (Fsp3) is 0.273. The zero-order chi connectivity index (χ0) is 14.8. The van der Waals surface area contributed by atoms with E-state index in [1.54, 1.807) is 6.07 Å². The Morgan fingerprint density at radius 1 is 1.47 bits per heavy atom. The predicted octanol–water partition coefficient (Wildman–Crippen LogP) is 2.43. The van der Waals surface area contributed by atoms with Gasteiger partial charge in [-0.25, -0.2) is 0 Å². The van der Waals surface area contributed by atoms with Gasteiger partial charge in [0.2, 0.25) is 0 Å². The predicted molar refractivity (Wildman–Crippen MR) is 63.4 cm³/mol. The maximum atomic E-state index is 12.5. The molecule has 0 spiro atoms. The van der Waals surface area contributed by atoms with Gasteiger partial charge in [0.05, 0.1) is 10.6 Å². The number of halogens is 4. The van der Waals surface area contributed by atoms with Crippen LogP contribution in [0.5, 0.6) is 0 Å². The first-order valence-corrected chi connectivity index (χ1v) is 5.34. The molecule has 0 radical (unpaired) electrons. The molecule has 3 N–H and O–H groups in total. The molecule has 1 aromatic rings. The standard InChI is InChI=1S/C11H9ClF3N3O/c1-10(17,11(13,14)15)9(19)18-7-3-2-6(5-16)8(12)4-7/h2-4H,17H2,1H3,(H,18,19). The molecule has 19 heavy (non-hydrogen) atoms. The van der Waals surface area contributed by atoms with Crippen molar-refractivity contribution in [2.45, 2.75) is 18.6 Å². The second-order valence-corrected chi connectivity index (χ2v) is 4.37. The van der Waals surface area contributed by atoms with E-state index >= 15 is 0 Å². The van der Waals surface area contributed by atoms with Crippen LogP contribution in [0, 0.1) is 11.3 Å². The third kappa shape index (κ3) is 3.16. The van der Waals surface area contributed by atoms with E-state index in [0.717, 1.165) is 0 Å². The molecule has 0 fully saturated rings. The van der Waals surface area contributed by atoms with Crippen molar-refractivity contribution >= 4 is 23.2 Å². The van der Waals surface area contributed by atoms with Crippen LogP contribution in [-0.4, -0.2) is 17.6 Å². The first-order valence-electron chi connectivity index (χ1n) is 4.96. The van der Waals surface area contributed by atoms with E-state index in [-0.39, 0.29) is 16.3 Å². The highest BCUT2D eigenvalue weighted by Gasteiger charge is 2.53. The van der Waals surface area contributed by atoms with E-state index in [9.17, 15) is 18.0 Å². The monoisotopic (exact) mass is 291 g/mol. The fourth-order valence-electron chi connectivity index (χ4n) is 1.07. The SMILES string of the molecule is CC(N)(C(=O)Nc1ccc(C#N)c(Cl)c1)C(F)(F)F. The third-order valence-corrected chi connectivity index (χ3v) is 2.72. The van der Waals surface area contributed by atoms with Gasteiger partial charge in [0.1, 0.15) is 6.07 Å². The summed E-state index contributed by atoms with van der Waals surface area (Å²) in [5.74, 6) is -1.42. The van der Waals surface area contributed by atoms with E-state index < -0.39 is 17.6 Å². The molecular weight excluding hydrogens is 283 g/mol. The smallest absolute Gasteiger partial charge is 0.324 e. The Bertz CT molecular complexity index is 549. The molecule has 1 amide bonds. The number of anilines is 1. The zero-order valence-corrected chi connectivity index (χ0v) is 10.4. The van der Waals surface area contributed by atoms with Gasteiger partial charge < -0.3 is 11.1 Å². The molecule has 102 valence electrons. The number of rotatable bonds is 2. The lowest BCUT2D eigenvalue weighted by atomic mass is 10.0. The fourth-order valence-corrected chi connectivity index (χ4v) is 1.30. The van der Waals surface area contributed by atoms with Gasteiger partial charge in [-0.05, 0) is 25.1 Å². The van der Waals surface area contributed by atoms with Crippen molar-refractivity contribution in [3.8, 4) is 6.07 Å². The number of nitriles is 1. The number of nitrogens with zero attached hydrogens (tertiary/aromatic N) is 1. The summed E-state index contributed by atoms with van der Waals surface area (Å²) in [6.07, 6.45) is -4.88. The topological polar surface area (TPSA) is 78.9 Å². The molecule has 0 aromatic heterocycles. The number of carbonyl (C=O) groups excluding carboxylic acids is 1. The molecule has 4 nitrogen and oxygen atoms in total. The Morgan fingerprint density at radius 2 is 2.05 bits per heavy atom. The van der Waals surface area contributed by atoms with Crippen molar-refractivity contribution in [2.24, 2.45) is 5.73 Å². The maximum absolute atomic E-state index is 12.5. The van der Waals surface area contributed by atoms with E-state index in [2.05, 4.69) is 0 Å². The number of carbonyl (C=O) groups is 1. The van der Waals surface area contributed by atoms with Gasteiger partial charge in [-0.1, -0.05) is 11.6 Å². The number of nitrogens with one attached hydrogen (secondary N) is 1. The molecule has 0 aliphatic heterocycles. The van der Waals surface area contributed by atoms with Crippen LogP contribution < -0.4 is 11.1 Å². The molecule has 1 atom stereocenters.